The first-order chi connectivity index (χ1) is 6.31. The highest BCUT2D eigenvalue weighted by molar-refractivity contribution is 5.87. The van der Waals surface area contributed by atoms with E-state index in [-0.39, 0.29) is 5.97 Å². The van der Waals surface area contributed by atoms with E-state index < -0.39 is 0 Å². The van der Waals surface area contributed by atoms with Crippen molar-refractivity contribution in [2.45, 2.75) is 18.8 Å². The number of hydrogen-bond donors (Lipinski definition) is 0. The van der Waals surface area contributed by atoms with Crippen molar-refractivity contribution in [2.75, 3.05) is 7.11 Å². The molecular weight excluding hydrogens is 166 g/mol. The van der Waals surface area contributed by atoms with Crippen LogP contribution in [0.15, 0.2) is 18.2 Å². The van der Waals surface area contributed by atoms with Gasteiger partial charge in [-0.25, -0.2) is 9.78 Å². The number of hydrogen-bond acceptors (Lipinski definition) is 3. The lowest BCUT2D eigenvalue weighted by Crippen LogP contribution is -2.05. The van der Waals surface area contributed by atoms with Crippen LogP contribution in [0.5, 0.6) is 0 Å². The fraction of sp³-hybridized carbons (Fsp3) is 0.400. The minimum atomic E-state index is -0.359. The number of esters is 1. The molecule has 0 amide bonds. The van der Waals surface area contributed by atoms with Gasteiger partial charge in [-0.2, -0.15) is 0 Å². The van der Waals surface area contributed by atoms with Crippen LogP contribution in [0.1, 0.15) is 34.9 Å². The van der Waals surface area contributed by atoms with Crippen LogP contribution < -0.4 is 0 Å². The molecule has 68 valence electrons. The van der Waals surface area contributed by atoms with Crippen LogP contribution in [0.2, 0.25) is 0 Å². The summed E-state index contributed by atoms with van der Waals surface area (Å²) in [6.07, 6.45) is 2.38. The van der Waals surface area contributed by atoms with Crippen molar-refractivity contribution in [2.24, 2.45) is 0 Å². The first-order valence-corrected chi connectivity index (χ1v) is 4.36. The first kappa shape index (κ1) is 8.23. The van der Waals surface area contributed by atoms with E-state index >= 15 is 0 Å². The Kier molecular flexibility index (Phi) is 2.00. The molecule has 2 rings (SSSR count). The van der Waals surface area contributed by atoms with E-state index in [1.807, 2.05) is 12.1 Å². The minimum absolute atomic E-state index is 0.359. The highest BCUT2D eigenvalue weighted by Gasteiger charge is 2.25. The number of carbonyl (C=O) groups is 1. The number of ether oxygens (including phenoxy) is 1. The van der Waals surface area contributed by atoms with Gasteiger partial charge in [0, 0.05) is 11.6 Å². The normalized spacial score (nSPS) is 15.5. The summed E-state index contributed by atoms with van der Waals surface area (Å²) >= 11 is 0. The molecule has 0 unspecified atom stereocenters. The van der Waals surface area contributed by atoms with E-state index in [9.17, 15) is 4.79 Å². The van der Waals surface area contributed by atoms with Gasteiger partial charge >= 0.3 is 5.97 Å². The zero-order valence-corrected chi connectivity index (χ0v) is 7.49. The van der Waals surface area contributed by atoms with Gasteiger partial charge in [-0.3, -0.25) is 0 Å². The van der Waals surface area contributed by atoms with E-state index in [4.69, 9.17) is 0 Å². The van der Waals surface area contributed by atoms with Crippen molar-refractivity contribution >= 4 is 5.97 Å². The van der Waals surface area contributed by atoms with Gasteiger partial charge < -0.3 is 4.74 Å². The zero-order valence-electron chi connectivity index (χ0n) is 7.49. The Hall–Kier alpha value is -1.38. The average molecular weight is 177 g/mol. The van der Waals surface area contributed by atoms with Gasteiger partial charge in [0.15, 0.2) is 0 Å². The van der Waals surface area contributed by atoms with Crippen molar-refractivity contribution in [3.8, 4) is 0 Å². The molecule has 0 spiro atoms. The quantitative estimate of drug-likeness (QED) is 0.646. The summed E-state index contributed by atoms with van der Waals surface area (Å²) in [6, 6.07) is 5.49. The van der Waals surface area contributed by atoms with E-state index in [2.05, 4.69) is 9.72 Å². The standard InChI is InChI=1S/C10H11NO2/c1-13-10(12)9-4-2-3-8(11-9)7-5-6-7/h2-4,7H,5-6H2,1H3. The van der Waals surface area contributed by atoms with Gasteiger partial charge in [-0.1, -0.05) is 6.07 Å². The maximum Gasteiger partial charge on any atom is 0.356 e. The molecule has 0 bridgehead atoms. The van der Waals surface area contributed by atoms with Gasteiger partial charge in [0.25, 0.3) is 0 Å². The molecule has 1 aliphatic rings. The van der Waals surface area contributed by atoms with E-state index in [0.717, 1.165) is 5.69 Å². The van der Waals surface area contributed by atoms with E-state index in [1.54, 1.807) is 6.07 Å². The number of nitrogens with zero attached hydrogens (tertiary/aromatic N) is 1. The Bertz CT molecular complexity index is 331. The van der Waals surface area contributed by atoms with Gasteiger partial charge in [0.1, 0.15) is 5.69 Å². The smallest absolute Gasteiger partial charge is 0.356 e. The summed E-state index contributed by atoms with van der Waals surface area (Å²) in [6.45, 7) is 0. The van der Waals surface area contributed by atoms with Crippen LogP contribution in [0, 0.1) is 0 Å². The summed E-state index contributed by atoms with van der Waals surface area (Å²) in [5.74, 6) is 0.215. The maximum absolute atomic E-state index is 11.1. The zero-order chi connectivity index (χ0) is 9.26. The highest BCUT2D eigenvalue weighted by Crippen LogP contribution is 2.38. The van der Waals surface area contributed by atoms with Crippen molar-refractivity contribution in [3.05, 3.63) is 29.6 Å². The van der Waals surface area contributed by atoms with Crippen LogP contribution in [0.3, 0.4) is 0 Å². The second-order valence-electron chi connectivity index (χ2n) is 3.21. The summed E-state index contributed by atoms with van der Waals surface area (Å²) in [5, 5.41) is 0. The second-order valence-corrected chi connectivity index (χ2v) is 3.21. The molecule has 1 aromatic rings. The molecule has 0 atom stereocenters. The lowest BCUT2D eigenvalue weighted by molar-refractivity contribution is 0.0593. The van der Waals surface area contributed by atoms with Gasteiger partial charge in [0.05, 0.1) is 7.11 Å². The number of methoxy groups -OCH3 is 1. The number of rotatable bonds is 2. The molecule has 1 heterocycles. The third-order valence-electron chi connectivity index (χ3n) is 2.16. The molecule has 1 saturated carbocycles. The average Bonchev–Trinajstić information content (AvgIpc) is 3.00. The molecule has 3 nitrogen and oxygen atoms in total. The number of aromatic nitrogens is 1. The summed E-state index contributed by atoms with van der Waals surface area (Å²) < 4.78 is 4.59. The first-order valence-electron chi connectivity index (χ1n) is 4.36. The molecule has 0 radical (unpaired) electrons. The van der Waals surface area contributed by atoms with Crippen LogP contribution in [-0.4, -0.2) is 18.1 Å². The Morgan fingerprint density at radius 1 is 1.54 bits per heavy atom. The predicted octanol–water partition coefficient (Wildman–Crippen LogP) is 1.75. The molecular formula is C10H11NO2. The Balaban J connectivity index is 2.26. The maximum atomic E-state index is 11.1. The SMILES string of the molecule is COC(=O)c1cccc(C2CC2)n1. The van der Waals surface area contributed by atoms with Crippen LogP contribution in [0.4, 0.5) is 0 Å². The van der Waals surface area contributed by atoms with Crippen molar-refractivity contribution in [3.63, 3.8) is 0 Å². The van der Waals surface area contributed by atoms with Crippen molar-refractivity contribution in [1.29, 1.82) is 0 Å². The summed E-state index contributed by atoms with van der Waals surface area (Å²) in [4.78, 5) is 15.4. The third kappa shape index (κ3) is 1.69. The molecule has 3 heteroatoms. The van der Waals surface area contributed by atoms with Crippen molar-refractivity contribution < 1.29 is 9.53 Å². The van der Waals surface area contributed by atoms with Crippen LogP contribution in [-0.2, 0) is 4.74 Å². The molecule has 0 aliphatic heterocycles. The predicted molar refractivity (Wildman–Crippen MR) is 47.6 cm³/mol. The molecule has 13 heavy (non-hydrogen) atoms. The molecule has 1 fully saturated rings. The molecule has 0 N–H and O–H groups in total. The fourth-order valence-corrected chi connectivity index (χ4v) is 1.28. The molecule has 0 aromatic carbocycles. The lowest BCUT2D eigenvalue weighted by atomic mass is 10.2. The molecule has 1 aromatic heterocycles. The third-order valence-corrected chi connectivity index (χ3v) is 2.16. The van der Waals surface area contributed by atoms with Crippen molar-refractivity contribution in [1.82, 2.24) is 4.98 Å². The second kappa shape index (κ2) is 3.17. The van der Waals surface area contributed by atoms with E-state index in [1.165, 1.54) is 20.0 Å². The fourth-order valence-electron chi connectivity index (χ4n) is 1.28. The van der Waals surface area contributed by atoms with Gasteiger partial charge in [0.2, 0.25) is 0 Å². The Labute approximate surface area is 76.7 Å². The van der Waals surface area contributed by atoms with E-state index in [0.29, 0.717) is 11.6 Å². The molecule has 0 saturated heterocycles. The summed E-state index contributed by atoms with van der Waals surface area (Å²) in [5.41, 5.74) is 1.43. The van der Waals surface area contributed by atoms with Gasteiger partial charge in [-0.15, -0.1) is 0 Å². The largest absolute Gasteiger partial charge is 0.464 e. The lowest BCUT2D eigenvalue weighted by Gasteiger charge is -2.00. The topological polar surface area (TPSA) is 39.2 Å². The Morgan fingerprint density at radius 2 is 2.31 bits per heavy atom. The highest BCUT2D eigenvalue weighted by atomic mass is 16.5. The van der Waals surface area contributed by atoms with Crippen LogP contribution in [0.25, 0.3) is 0 Å². The van der Waals surface area contributed by atoms with Gasteiger partial charge in [-0.05, 0) is 25.0 Å². The number of carbonyl (C=O) groups excluding carboxylic acids is 1. The number of pyridine rings is 1. The Morgan fingerprint density at radius 3 is 2.92 bits per heavy atom. The molecule has 1 aliphatic carbocycles. The minimum Gasteiger partial charge on any atom is -0.464 e. The summed E-state index contributed by atoms with van der Waals surface area (Å²) in [7, 11) is 1.37. The van der Waals surface area contributed by atoms with Crippen LogP contribution >= 0.6 is 0 Å². The monoisotopic (exact) mass is 177 g/mol.